The standard InChI is InChI=1S/C25H23N3O3/c1-14-10-12-21(14)27(28-24(29)19-7-5-6-8-20(19)25(28)30)22-13-18(11-9-15(22)2)23-16(3)26-31-17(23)4/h5-9,11-14H,10H2,1-4H3/t14-/m0/s1. The number of hydrazine groups is 1. The Morgan fingerprint density at radius 3 is 2.23 bits per heavy atom. The number of anilines is 1. The number of imide groups is 1. The summed E-state index contributed by atoms with van der Waals surface area (Å²) in [6.45, 7) is 7.88. The highest BCUT2D eigenvalue weighted by Gasteiger charge is 2.43. The first-order chi connectivity index (χ1) is 14.9. The summed E-state index contributed by atoms with van der Waals surface area (Å²) in [5.74, 6) is 0.368. The Morgan fingerprint density at radius 2 is 1.71 bits per heavy atom. The van der Waals surface area contributed by atoms with Gasteiger partial charge in [-0.15, -0.1) is 0 Å². The fourth-order valence-corrected chi connectivity index (χ4v) is 4.36. The van der Waals surface area contributed by atoms with Gasteiger partial charge >= 0.3 is 0 Å². The highest BCUT2D eigenvalue weighted by Crippen LogP contribution is 2.41. The van der Waals surface area contributed by atoms with Gasteiger partial charge in [-0.05, 0) is 56.5 Å². The lowest BCUT2D eigenvalue weighted by Gasteiger charge is -2.40. The van der Waals surface area contributed by atoms with Gasteiger partial charge in [0.25, 0.3) is 11.8 Å². The van der Waals surface area contributed by atoms with Crippen molar-refractivity contribution < 1.29 is 14.1 Å². The largest absolute Gasteiger partial charge is 0.361 e. The summed E-state index contributed by atoms with van der Waals surface area (Å²) in [7, 11) is 0. The lowest BCUT2D eigenvalue weighted by molar-refractivity contribution is 0.0640. The third-order valence-corrected chi connectivity index (χ3v) is 6.16. The lowest BCUT2D eigenvalue weighted by Crippen LogP contribution is -2.49. The van der Waals surface area contributed by atoms with Gasteiger partial charge in [-0.2, -0.15) is 5.01 Å². The number of carbonyl (C=O) groups excluding carboxylic acids is 2. The molecule has 1 aromatic heterocycles. The van der Waals surface area contributed by atoms with Crippen molar-refractivity contribution in [3.05, 3.63) is 82.4 Å². The number of allylic oxidation sites excluding steroid dienone is 2. The van der Waals surface area contributed by atoms with Gasteiger partial charge in [-0.25, -0.2) is 5.01 Å². The molecule has 0 saturated carbocycles. The van der Waals surface area contributed by atoms with E-state index >= 15 is 0 Å². The normalized spacial score (nSPS) is 17.5. The molecule has 6 nitrogen and oxygen atoms in total. The van der Waals surface area contributed by atoms with Crippen molar-refractivity contribution >= 4 is 17.5 Å². The lowest BCUT2D eigenvalue weighted by atomic mass is 9.91. The number of nitrogens with zero attached hydrogens (tertiary/aromatic N) is 3. The second-order valence-electron chi connectivity index (χ2n) is 8.25. The molecule has 2 heterocycles. The average Bonchev–Trinajstić information content (AvgIpc) is 3.22. The van der Waals surface area contributed by atoms with Crippen LogP contribution in [-0.2, 0) is 0 Å². The molecule has 1 aliphatic heterocycles. The highest BCUT2D eigenvalue weighted by molar-refractivity contribution is 6.22. The second-order valence-corrected chi connectivity index (χ2v) is 8.25. The summed E-state index contributed by atoms with van der Waals surface area (Å²) < 4.78 is 5.36. The van der Waals surface area contributed by atoms with Crippen molar-refractivity contribution in [1.82, 2.24) is 10.2 Å². The van der Waals surface area contributed by atoms with Gasteiger partial charge in [0.05, 0.1) is 22.5 Å². The van der Waals surface area contributed by atoms with Crippen molar-refractivity contribution in [1.29, 1.82) is 0 Å². The van der Waals surface area contributed by atoms with Crippen LogP contribution in [0.4, 0.5) is 5.69 Å². The first-order valence-electron chi connectivity index (χ1n) is 10.4. The van der Waals surface area contributed by atoms with Crippen LogP contribution in [0.1, 0.15) is 51.1 Å². The average molecular weight is 413 g/mol. The molecule has 31 heavy (non-hydrogen) atoms. The van der Waals surface area contributed by atoms with Gasteiger partial charge < -0.3 is 4.52 Å². The minimum atomic E-state index is -0.303. The van der Waals surface area contributed by atoms with Crippen LogP contribution in [0.5, 0.6) is 0 Å². The Kier molecular flexibility index (Phi) is 4.32. The van der Waals surface area contributed by atoms with E-state index in [0.717, 1.165) is 45.9 Å². The number of aromatic nitrogens is 1. The van der Waals surface area contributed by atoms with Crippen molar-refractivity contribution in [2.45, 2.75) is 34.1 Å². The molecule has 0 fully saturated rings. The topological polar surface area (TPSA) is 66.7 Å². The first kappa shape index (κ1) is 19.3. The number of hydrogen-bond donors (Lipinski definition) is 0. The van der Waals surface area contributed by atoms with Gasteiger partial charge in [0.1, 0.15) is 5.76 Å². The zero-order chi connectivity index (χ0) is 21.9. The molecule has 1 atom stereocenters. The van der Waals surface area contributed by atoms with Crippen LogP contribution < -0.4 is 5.01 Å². The molecule has 0 saturated heterocycles. The quantitative estimate of drug-likeness (QED) is 0.550. The molecule has 2 amide bonds. The zero-order valence-electron chi connectivity index (χ0n) is 18.0. The smallest absolute Gasteiger partial charge is 0.281 e. The molecular weight excluding hydrogens is 390 g/mol. The van der Waals surface area contributed by atoms with E-state index in [2.05, 4.69) is 18.2 Å². The van der Waals surface area contributed by atoms with Crippen LogP contribution in [-0.4, -0.2) is 22.0 Å². The number of amides is 2. The van der Waals surface area contributed by atoms with Crippen LogP contribution in [0.15, 0.2) is 58.8 Å². The maximum atomic E-state index is 13.3. The summed E-state index contributed by atoms with van der Waals surface area (Å²) in [4.78, 5) is 26.6. The van der Waals surface area contributed by atoms with E-state index < -0.39 is 0 Å². The van der Waals surface area contributed by atoms with Crippen molar-refractivity contribution in [2.75, 3.05) is 5.01 Å². The van der Waals surface area contributed by atoms with Crippen molar-refractivity contribution in [3.63, 3.8) is 0 Å². The van der Waals surface area contributed by atoms with Gasteiger partial charge in [0, 0.05) is 17.2 Å². The van der Waals surface area contributed by atoms with E-state index in [9.17, 15) is 9.59 Å². The number of carbonyl (C=O) groups is 2. The van der Waals surface area contributed by atoms with Gasteiger partial charge in [0.15, 0.2) is 0 Å². The van der Waals surface area contributed by atoms with E-state index in [1.807, 2.05) is 39.0 Å². The molecule has 0 N–H and O–H groups in total. The van der Waals surface area contributed by atoms with Crippen LogP contribution in [0.3, 0.4) is 0 Å². The van der Waals surface area contributed by atoms with Crippen LogP contribution >= 0.6 is 0 Å². The Bertz CT molecular complexity index is 1220. The van der Waals surface area contributed by atoms with E-state index in [1.54, 1.807) is 29.3 Å². The molecular formula is C25H23N3O3. The zero-order valence-corrected chi connectivity index (χ0v) is 18.0. The number of rotatable bonds is 4. The number of benzene rings is 2. The minimum Gasteiger partial charge on any atom is -0.361 e. The molecule has 6 heteroatoms. The Hall–Kier alpha value is -3.67. The van der Waals surface area contributed by atoms with Crippen molar-refractivity contribution in [2.24, 2.45) is 5.92 Å². The maximum absolute atomic E-state index is 13.3. The summed E-state index contributed by atoms with van der Waals surface area (Å²) in [5, 5.41) is 7.16. The molecule has 1 aliphatic carbocycles. The van der Waals surface area contributed by atoms with Crippen LogP contribution in [0.25, 0.3) is 11.1 Å². The monoisotopic (exact) mass is 413 g/mol. The Balaban J connectivity index is 1.68. The van der Waals surface area contributed by atoms with Gasteiger partial charge in [0.2, 0.25) is 0 Å². The van der Waals surface area contributed by atoms with Crippen LogP contribution in [0.2, 0.25) is 0 Å². The van der Waals surface area contributed by atoms with E-state index in [4.69, 9.17) is 4.52 Å². The molecule has 0 spiro atoms. The molecule has 2 aliphatic rings. The first-order valence-corrected chi connectivity index (χ1v) is 10.4. The van der Waals surface area contributed by atoms with Crippen LogP contribution in [0, 0.1) is 26.7 Å². The molecule has 2 aromatic carbocycles. The Morgan fingerprint density at radius 1 is 1.03 bits per heavy atom. The highest BCUT2D eigenvalue weighted by atomic mass is 16.5. The second kappa shape index (κ2) is 6.94. The number of aryl methyl sites for hydroxylation is 3. The Labute approximate surface area is 180 Å². The summed E-state index contributed by atoms with van der Waals surface area (Å²) >= 11 is 0. The van der Waals surface area contributed by atoms with Crippen molar-refractivity contribution in [3.8, 4) is 11.1 Å². The molecule has 5 rings (SSSR count). The predicted molar refractivity (Wildman–Crippen MR) is 117 cm³/mol. The third-order valence-electron chi connectivity index (χ3n) is 6.16. The molecule has 0 unspecified atom stereocenters. The molecule has 3 aromatic rings. The number of hydrogen-bond acceptors (Lipinski definition) is 5. The minimum absolute atomic E-state index is 0.242. The summed E-state index contributed by atoms with van der Waals surface area (Å²) in [5.41, 5.74) is 6.25. The van der Waals surface area contributed by atoms with Gasteiger partial charge in [-0.1, -0.05) is 42.4 Å². The van der Waals surface area contributed by atoms with E-state index in [1.165, 1.54) is 5.01 Å². The molecule has 156 valence electrons. The summed E-state index contributed by atoms with van der Waals surface area (Å²) in [6.07, 6.45) is 2.99. The number of fused-ring (bicyclic) bond motifs is 1. The van der Waals surface area contributed by atoms with E-state index in [0.29, 0.717) is 11.1 Å². The maximum Gasteiger partial charge on any atom is 0.281 e. The summed E-state index contributed by atoms with van der Waals surface area (Å²) in [6, 6.07) is 13.0. The SMILES string of the molecule is Cc1ccc(-c2c(C)noc2C)cc1N(C1=CC[C@@H]1C)N1C(=O)c2ccccc2C1=O. The molecule has 0 bridgehead atoms. The fourth-order valence-electron chi connectivity index (χ4n) is 4.36. The molecule has 0 radical (unpaired) electrons. The predicted octanol–water partition coefficient (Wildman–Crippen LogP) is 5.21. The van der Waals surface area contributed by atoms with E-state index in [-0.39, 0.29) is 17.7 Å². The fraction of sp³-hybridized carbons (Fsp3) is 0.240. The van der Waals surface area contributed by atoms with Gasteiger partial charge in [-0.3, -0.25) is 9.59 Å². The third kappa shape index (κ3) is 2.82.